The number of rotatable bonds is 4. The molecule has 0 bridgehead atoms. The molecule has 2 aliphatic heterocycles. The molecule has 1 unspecified atom stereocenters. The van der Waals surface area contributed by atoms with Gasteiger partial charge >= 0.3 is 0 Å². The average Bonchev–Trinajstić information content (AvgIpc) is 2.94. The summed E-state index contributed by atoms with van der Waals surface area (Å²) in [6.07, 6.45) is 4.34. The Kier molecular flexibility index (Phi) is 4.18. The summed E-state index contributed by atoms with van der Waals surface area (Å²) < 4.78 is 4.94. The predicted octanol–water partition coefficient (Wildman–Crippen LogP) is 0.720. The van der Waals surface area contributed by atoms with Gasteiger partial charge in [0.05, 0.1) is 13.0 Å². The fourth-order valence-electron chi connectivity index (χ4n) is 2.72. The van der Waals surface area contributed by atoms with E-state index in [9.17, 15) is 4.79 Å². The standard InChI is InChI=1S/C12H22N2O2/c1-16-9-5-12(15)14-8-4-11(10-14)13-6-2-3-7-13/h11H,2-10H2,1H3. The monoisotopic (exact) mass is 226 g/mol. The van der Waals surface area contributed by atoms with Crippen molar-refractivity contribution in [3.8, 4) is 0 Å². The number of methoxy groups -OCH3 is 1. The molecule has 92 valence electrons. The molecule has 2 rings (SSSR count). The van der Waals surface area contributed by atoms with E-state index in [0.29, 0.717) is 19.1 Å². The lowest BCUT2D eigenvalue weighted by Gasteiger charge is -2.23. The maximum Gasteiger partial charge on any atom is 0.224 e. The normalized spacial score (nSPS) is 26.6. The highest BCUT2D eigenvalue weighted by Gasteiger charge is 2.31. The molecule has 0 N–H and O–H groups in total. The Balaban J connectivity index is 1.76. The van der Waals surface area contributed by atoms with Gasteiger partial charge in [0.15, 0.2) is 0 Å². The van der Waals surface area contributed by atoms with Crippen LogP contribution in [-0.2, 0) is 9.53 Å². The minimum absolute atomic E-state index is 0.253. The molecule has 2 heterocycles. The van der Waals surface area contributed by atoms with E-state index < -0.39 is 0 Å². The molecule has 0 aromatic heterocycles. The summed E-state index contributed by atoms with van der Waals surface area (Å²) in [6.45, 7) is 4.87. The van der Waals surface area contributed by atoms with Crippen molar-refractivity contribution >= 4 is 5.91 Å². The maximum atomic E-state index is 11.8. The van der Waals surface area contributed by atoms with Crippen molar-refractivity contribution in [3.05, 3.63) is 0 Å². The van der Waals surface area contributed by atoms with E-state index in [-0.39, 0.29) is 5.91 Å². The van der Waals surface area contributed by atoms with Crippen LogP contribution in [0.3, 0.4) is 0 Å². The van der Waals surface area contributed by atoms with Crippen LogP contribution >= 0.6 is 0 Å². The third kappa shape index (κ3) is 2.74. The van der Waals surface area contributed by atoms with Crippen LogP contribution in [0.25, 0.3) is 0 Å². The lowest BCUT2D eigenvalue weighted by molar-refractivity contribution is -0.131. The fourth-order valence-corrected chi connectivity index (χ4v) is 2.72. The number of hydrogen-bond donors (Lipinski definition) is 0. The van der Waals surface area contributed by atoms with Gasteiger partial charge in [0.25, 0.3) is 0 Å². The second-order valence-electron chi connectivity index (χ2n) is 4.77. The highest BCUT2D eigenvalue weighted by molar-refractivity contribution is 5.76. The van der Waals surface area contributed by atoms with Crippen molar-refractivity contribution < 1.29 is 9.53 Å². The van der Waals surface area contributed by atoms with Crippen LogP contribution in [0.2, 0.25) is 0 Å². The van der Waals surface area contributed by atoms with Crippen molar-refractivity contribution in [3.63, 3.8) is 0 Å². The molecule has 1 amide bonds. The van der Waals surface area contributed by atoms with Gasteiger partial charge in [-0.3, -0.25) is 9.69 Å². The fraction of sp³-hybridized carbons (Fsp3) is 0.917. The molecule has 0 spiro atoms. The van der Waals surface area contributed by atoms with Gasteiger partial charge in [-0.15, -0.1) is 0 Å². The zero-order chi connectivity index (χ0) is 11.4. The molecule has 1 atom stereocenters. The first-order valence-electron chi connectivity index (χ1n) is 6.32. The van der Waals surface area contributed by atoms with Crippen LogP contribution < -0.4 is 0 Å². The van der Waals surface area contributed by atoms with Gasteiger partial charge in [-0.25, -0.2) is 0 Å². The Hall–Kier alpha value is -0.610. The van der Waals surface area contributed by atoms with E-state index in [0.717, 1.165) is 19.5 Å². The highest BCUT2D eigenvalue weighted by Crippen LogP contribution is 2.20. The Morgan fingerprint density at radius 2 is 2.06 bits per heavy atom. The molecule has 2 fully saturated rings. The molecule has 2 aliphatic rings. The summed E-state index contributed by atoms with van der Waals surface area (Å²) >= 11 is 0. The zero-order valence-corrected chi connectivity index (χ0v) is 10.2. The number of nitrogens with zero attached hydrogens (tertiary/aromatic N) is 2. The van der Waals surface area contributed by atoms with Crippen molar-refractivity contribution in [2.45, 2.75) is 31.7 Å². The molecule has 0 radical (unpaired) electrons. The number of hydrogen-bond acceptors (Lipinski definition) is 3. The molecule has 4 nitrogen and oxygen atoms in total. The molecular formula is C12H22N2O2. The topological polar surface area (TPSA) is 32.8 Å². The van der Waals surface area contributed by atoms with Gasteiger partial charge < -0.3 is 9.64 Å². The number of carbonyl (C=O) groups is 1. The summed E-state index contributed by atoms with van der Waals surface area (Å²) in [5.74, 6) is 0.253. The Labute approximate surface area is 97.5 Å². The molecule has 2 saturated heterocycles. The number of carbonyl (C=O) groups excluding carboxylic acids is 1. The SMILES string of the molecule is COCCC(=O)N1CCC(N2CCCC2)C1. The van der Waals surface area contributed by atoms with Crippen LogP contribution in [0.5, 0.6) is 0 Å². The largest absolute Gasteiger partial charge is 0.384 e. The third-order valence-electron chi connectivity index (χ3n) is 3.69. The Morgan fingerprint density at radius 3 is 2.75 bits per heavy atom. The molecular weight excluding hydrogens is 204 g/mol. The summed E-state index contributed by atoms with van der Waals surface area (Å²) in [5, 5.41) is 0. The van der Waals surface area contributed by atoms with E-state index in [1.807, 2.05) is 4.90 Å². The average molecular weight is 226 g/mol. The summed E-state index contributed by atoms with van der Waals surface area (Å²) in [6, 6.07) is 0.619. The molecule has 16 heavy (non-hydrogen) atoms. The smallest absolute Gasteiger partial charge is 0.224 e. The third-order valence-corrected chi connectivity index (χ3v) is 3.69. The zero-order valence-electron chi connectivity index (χ0n) is 10.2. The minimum atomic E-state index is 0.253. The van der Waals surface area contributed by atoms with Gasteiger partial charge in [0.1, 0.15) is 0 Å². The molecule has 0 aromatic rings. The molecule has 4 heteroatoms. The summed E-state index contributed by atoms with van der Waals surface area (Å²) in [4.78, 5) is 16.3. The second kappa shape index (κ2) is 5.64. The van der Waals surface area contributed by atoms with E-state index >= 15 is 0 Å². The highest BCUT2D eigenvalue weighted by atomic mass is 16.5. The van der Waals surface area contributed by atoms with E-state index in [2.05, 4.69) is 4.90 Å². The van der Waals surface area contributed by atoms with Crippen molar-refractivity contribution in [2.24, 2.45) is 0 Å². The van der Waals surface area contributed by atoms with E-state index in [4.69, 9.17) is 4.74 Å². The predicted molar refractivity (Wildman–Crippen MR) is 62.3 cm³/mol. The van der Waals surface area contributed by atoms with E-state index in [1.54, 1.807) is 7.11 Å². The number of ether oxygens (including phenoxy) is 1. The van der Waals surface area contributed by atoms with Crippen molar-refractivity contribution in [1.29, 1.82) is 0 Å². The quantitative estimate of drug-likeness (QED) is 0.708. The van der Waals surface area contributed by atoms with Gasteiger partial charge in [-0.05, 0) is 32.4 Å². The van der Waals surface area contributed by atoms with Crippen molar-refractivity contribution in [1.82, 2.24) is 9.80 Å². The molecule has 0 aliphatic carbocycles. The van der Waals surface area contributed by atoms with E-state index in [1.165, 1.54) is 25.9 Å². The van der Waals surface area contributed by atoms with Crippen LogP contribution in [0.1, 0.15) is 25.7 Å². The molecule has 0 aromatic carbocycles. The van der Waals surface area contributed by atoms with Gasteiger partial charge in [-0.1, -0.05) is 0 Å². The van der Waals surface area contributed by atoms with Gasteiger partial charge in [-0.2, -0.15) is 0 Å². The van der Waals surface area contributed by atoms with Crippen LogP contribution in [0, 0.1) is 0 Å². The van der Waals surface area contributed by atoms with Crippen molar-refractivity contribution in [2.75, 3.05) is 39.9 Å². The first kappa shape index (κ1) is 11.9. The second-order valence-corrected chi connectivity index (χ2v) is 4.77. The minimum Gasteiger partial charge on any atom is -0.384 e. The summed E-state index contributed by atoms with van der Waals surface area (Å²) in [7, 11) is 1.64. The summed E-state index contributed by atoms with van der Waals surface area (Å²) in [5.41, 5.74) is 0. The maximum absolute atomic E-state index is 11.8. The lowest BCUT2D eigenvalue weighted by Crippen LogP contribution is -2.37. The van der Waals surface area contributed by atoms with Crippen LogP contribution in [0.15, 0.2) is 0 Å². The lowest BCUT2D eigenvalue weighted by atomic mass is 10.2. The Bertz CT molecular complexity index is 239. The number of likely N-dealkylation sites (tertiary alicyclic amines) is 2. The number of amides is 1. The molecule has 0 saturated carbocycles. The van der Waals surface area contributed by atoms with Crippen LogP contribution in [-0.4, -0.2) is 61.6 Å². The van der Waals surface area contributed by atoms with Crippen LogP contribution in [0.4, 0.5) is 0 Å². The Morgan fingerprint density at radius 1 is 1.31 bits per heavy atom. The van der Waals surface area contributed by atoms with Gasteiger partial charge in [0, 0.05) is 26.2 Å². The first-order valence-corrected chi connectivity index (χ1v) is 6.32. The van der Waals surface area contributed by atoms with Gasteiger partial charge in [0.2, 0.25) is 5.91 Å². The first-order chi connectivity index (χ1) is 7.81.